The van der Waals surface area contributed by atoms with E-state index in [-0.39, 0.29) is 24.4 Å². The summed E-state index contributed by atoms with van der Waals surface area (Å²) in [4.78, 5) is 12.3. The highest BCUT2D eigenvalue weighted by atomic mass is 35.5. The van der Waals surface area contributed by atoms with Gasteiger partial charge >= 0.3 is 0 Å². The summed E-state index contributed by atoms with van der Waals surface area (Å²) in [5.74, 6) is -0.0258. The molecule has 0 saturated heterocycles. The molecule has 3 N–H and O–H groups in total. The number of hydrogen-bond acceptors (Lipinski definition) is 2. The highest BCUT2D eigenvalue weighted by molar-refractivity contribution is 5.95. The number of nitrogens with two attached hydrogens (primary N) is 1. The molecule has 2 aromatic rings. The first-order valence-corrected chi connectivity index (χ1v) is 7.32. The average Bonchev–Trinajstić information content (AvgIpc) is 2.48. The fourth-order valence-electron chi connectivity index (χ4n) is 2.22. The molecule has 118 valence electrons. The van der Waals surface area contributed by atoms with Crippen LogP contribution in [0.5, 0.6) is 0 Å². The van der Waals surface area contributed by atoms with Crippen molar-refractivity contribution in [1.29, 1.82) is 0 Å². The first kappa shape index (κ1) is 18.2. The minimum Gasteiger partial charge on any atom is -0.352 e. The van der Waals surface area contributed by atoms with Gasteiger partial charge in [0.15, 0.2) is 0 Å². The summed E-state index contributed by atoms with van der Waals surface area (Å²) in [7, 11) is 0. The van der Waals surface area contributed by atoms with Crippen LogP contribution in [0.2, 0.25) is 0 Å². The SMILES string of the molecule is CC(N)CCNC(=O)c1ccccc1Cc1ccccc1.Cl. The Kier molecular flexibility index (Phi) is 7.64. The molecule has 22 heavy (non-hydrogen) atoms. The van der Waals surface area contributed by atoms with Crippen LogP contribution in [0.25, 0.3) is 0 Å². The van der Waals surface area contributed by atoms with Crippen LogP contribution < -0.4 is 11.1 Å². The van der Waals surface area contributed by atoms with Gasteiger partial charge in [-0.3, -0.25) is 4.79 Å². The van der Waals surface area contributed by atoms with Crippen molar-refractivity contribution in [2.75, 3.05) is 6.54 Å². The van der Waals surface area contributed by atoms with Gasteiger partial charge in [-0.05, 0) is 37.0 Å². The number of rotatable bonds is 6. The molecule has 0 bridgehead atoms. The second-order valence-corrected chi connectivity index (χ2v) is 5.34. The van der Waals surface area contributed by atoms with Gasteiger partial charge in [-0.2, -0.15) is 0 Å². The molecule has 0 saturated carbocycles. The number of amides is 1. The van der Waals surface area contributed by atoms with Crippen LogP contribution in [0, 0.1) is 0 Å². The molecule has 0 spiro atoms. The Hall–Kier alpha value is -1.84. The summed E-state index contributed by atoms with van der Waals surface area (Å²) in [6.07, 6.45) is 1.55. The zero-order valence-corrected chi connectivity index (χ0v) is 13.6. The Bertz CT molecular complexity index is 585. The Morgan fingerprint density at radius 3 is 2.41 bits per heavy atom. The Balaban J connectivity index is 0.00000242. The second-order valence-electron chi connectivity index (χ2n) is 5.34. The van der Waals surface area contributed by atoms with E-state index < -0.39 is 0 Å². The van der Waals surface area contributed by atoms with E-state index >= 15 is 0 Å². The predicted molar refractivity (Wildman–Crippen MR) is 93.5 cm³/mol. The standard InChI is InChI=1S/C18H22N2O.ClH/c1-14(19)11-12-20-18(21)17-10-6-5-9-16(17)13-15-7-3-2-4-8-15;/h2-10,14H,11-13,19H2,1H3,(H,20,21);1H. The number of carbonyl (C=O) groups is 1. The normalized spacial score (nSPS) is 11.4. The summed E-state index contributed by atoms with van der Waals surface area (Å²) in [6, 6.07) is 18.0. The number of benzene rings is 2. The molecule has 0 aliphatic rings. The number of carbonyl (C=O) groups excluding carboxylic acids is 1. The van der Waals surface area contributed by atoms with Gasteiger partial charge in [0.2, 0.25) is 0 Å². The molecule has 4 heteroatoms. The lowest BCUT2D eigenvalue weighted by molar-refractivity contribution is 0.0952. The third-order valence-electron chi connectivity index (χ3n) is 3.38. The van der Waals surface area contributed by atoms with Crippen molar-refractivity contribution in [2.24, 2.45) is 5.73 Å². The third-order valence-corrected chi connectivity index (χ3v) is 3.38. The van der Waals surface area contributed by atoms with Gasteiger partial charge in [0.1, 0.15) is 0 Å². The quantitative estimate of drug-likeness (QED) is 0.859. The maximum absolute atomic E-state index is 12.3. The smallest absolute Gasteiger partial charge is 0.251 e. The maximum Gasteiger partial charge on any atom is 0.251 e. The van der Waals surface area contributed by atoms with Crippen LogP contribution in [0.15, 0.2) is 54.6 Å². The van der Waals surface area contributed by atoms with E-state index in [1.807, 2.05) is 49.4 Å². The van der Waals surface area contributed by atoms with E-state index in [4.69, 9.17) is 5.73 Å². The van der Waals surface area contributed by atoms with Crippen molar-refractivity contribution in [3.63, 3.8) is 0 Å². The summed E-state index contributed by atoms with van der Waals surface area (Å²) in [6.45, 7) is 2.55. The Morgan fingerprint density at radius 2 is 1.73 bits per heavy atom. The molecule has 0 heterocycles. The minimum atomic E-state index is -0.0258. The molecule has 1 atom stereocenters. The number of halogens is 1. The molecule has 0 aliphatic carbocycles. The summed E-state index contributed by atoms with van der Waals surface area (Å²) in [5, 5.41) is 2.94. The molecular formula is C18H23ClN2O. The van der Waals surface area contributed by atoms with Crippen LogP contribution in [-0.4, -0.2) is 18.5 Å². The van der Waals surface area contributed by atoms with Crippen molar-refractivity contribution in [3.05, 3.63) is 71.3 Å². The van der Waals surface area contributed by atoms with E-state index in [0.29, 0.717) is 6.54 Å². The Morgan fingerprint density at radius 1 is 1.09 bits per heavy atom. The van der Waals surface area contributed by atoms with Crippen molar-refractivity contribution in [3.8, 4) is 0 Å². The van der Waals surface area contributed by atoms with Gasteiger partial charge in [0.05, 0.1) is 0 Å². The van der Waals surface area contributed by atoms with Gasteiger partial charge in [-0.1, -0.05) is 48.5 Å². The summed E-state index contributed by atoms with van der Waals surface area (Å²) >= 11 is 0. The van der Waals surface area contributed by atoms with Gasteiger partial charge in [-0.25, -0.2) is 0 Å². The largest absolute Gasteiger partial charge is 0.352 e. The molecule has 2 rings (SSSR count). The molecule has 3 nitrogen and oxygen atoms in total. The molecule has 0 fully saturated rings. The van der Waals surface area contributed by atoms with Crippen LogP contribution in [0.4, 0.5) is 0 Å². The van der Waals surface area contributed by atoms with Crippen LogP contribution >= 0.6 is 12.4 Å². The lowest BCUT2D eigenvalue weighted by atomic mass is 9.99. The third kappa shape index (κ3) is 5.51. The fourth-order valence-corrected chi connectivity index (χ4v) is 2.22. The highest BCUT2D eigenvalue weighted by Gasteiger charge is 2.10. The number of nitrogens with one attached hydrogen (secondary N) is 1. The van der Waals surface area contributed by atoms with E-state index in [1.54, 1.807) is 0 Å². The van der Waals surface area contributed by atoms with E-state index in [0.717, 1.165) is 24.0 Å². The molecule has 2 aromatic carbocycles. The van der Waals surface area contributed by atoms with E-state index in [9.17, 15) is 4.79 Å². The second kappa shape index (κ2) is 9.23. The monoisotopic (exact) mass is 318 g/mol. The molecule has 0 aromatic heterocycles. The first-order valence-electron chi connectivity index (χ1n) is 7.32. The molecule has 1 amide bonds. The first-order chi connectivity index (χ1) is 10.2. The predicted octanol–water partition coefficient (Wildman–Crippen LogP) is 3.17. The van der Waals surface area contributed by atoms with Crippen molar-refractivity contribution < 1.29 is 4.79 Å². The maximum atomic E-state index is 12.3. The molecule has 0 aliphatic heterocycles. The topological polar surface area (TPSA) is 55.1 Å². The molecule has 0 radical (unpaired) electrons. The van der Waals surface area contributed by atoms with Gasteiger partial charge in [0.25, 0.3) is 5.91 Å². The van der Waals surface area contributed by atoms with Crippen molar-refractivity contribution in [1.82, 2.24) is 5.32 Å². The van der Waals surface area contributed by atoms with Crippen molar-refractivity contribution >= 4 is 18.3 Å². The van der Waals surface area contributed by atoms with Crippen LogP contribution in [0.3, 0.4) is 0 Å². The van der Waals surface area contributed by atoms with Gasteiger partial charge < -0.3 is 11.1 Å². The summed E-state index contributed by atoms with van der Waals surface area (Å²) in [5.41, 5.74) is 8.69. The number of hydrogen-bond donors (Lipinski definition) is 2. The van der Waals surface area contributed by atoms with Crippen LogP contribution in [0.1, 0.15) is 34.8 Å². The van der Waals surface area contributed by atoms with Crippen LogP contribution in [-0.2, 0) is 6.42 Å². The molecular weight excluding hydrogens is 296 g/mol. The zero-order valence-electron chi connectivity index (χ0n) is 12.8. The Labute approximate surface area is 138 Å². The lowest BCUT2D eigenvalue weighted by Gasteiger charge is -2.11. The zero-order chi connectivity index (χ0) is 15.1. The van der Waals surface area contributed by atoms with E-state index in [2.05, 4.69) is 17.4 Å². The fraction of sp³-hybridized carbons (Fsp3) is 0.278. The lowest BCUT2D eigenvalue weighted by Crippen LogP contribution is -2.29. The summed E-state index contributed by atoms with van der Waals surface area (Å²) < 4.78 is 0. The van der Waals surface area contributed by atoms with Crippen molar-refractivity contribution in [2.45, 2.75) is 25.8 Å². The highest BCUT2D eigenvalue weighted by Crippen LogP contribution is 2.14. The van der Waals surface area contributed by atoms with Gasteiger partial charge in [0, 0.05) is 18.2 Å². The minimum absolute atomic E-state index is 0. The molecule has 1 unspecified atom stereocenters. The average molecular weight is 319 g/mol. The van der Waals surface area contributed by atoms with Gasteiger partial charge in [-0.15, -0.1) is 12.4 Å². The van der Waals surface area contributed by atoms with E-state index in [1.165, 1.54) is 5.56 Å².